The van der Waals surface area contributed by atoms with E-state index in [1.54, 1.807) is 16.4 Å². The minimum atomic E-state index is -3.70. The lowest BCUT2D eigenvalue weighted by atomic mass is 10.0. The number of halogens is 1. The molecule has 1 atom stereocenters. The van der Waals surface area contributed by atoms with Gasteiger partial charge in [-0.25, -0.2) is 13.2 Å². The molecule has 3 aromatic rings. The fourth-order valence-electron chi connectivity index (χ4n) is 3.58. The van der Waals surface area contributed by atoms with Crippen molar-refractivity contribution in [2.75, 3.05) is 19.6 Å². The molecule has 1 N–H and O–H groups in total. The zero-order chi connectivity index (χ0) is 19.7. The maximum Gasteiger partial charge on any atom is 0.336 e. The van der Waals surface area contributed by atoms with Gasteiger partial charge < -0.3 is 9.73 Å². The summed E-state index contributed by atoms with van der Waals surface area (Å²) < 4.78 is 33.5. The highest BCUT2D eigenvalue weighted by molar-refractivity contribution is 7.89. The van der Waals surface area contributed by atoms with Crippen molar-refractivity contribution in [1.29, 1.82) is 0 Å². The Morgan fingerprint density at radius 3 is 2.59 bits per heavy atom. The number of hydrogen-bond donors (Lipinski definition) is 1. The third kappa shape index (κ3) is 4.23. The van der Waals surface area contributed by atoms with Crippen LogP contribution >= 0.6 is 12.4 Å². The molecular formula is C21H23ClN2O4S. The van der Waals surface area contributed by atoms with Crippen LogP contribution in [-0.2, 0) is 16.4 Å². The van der Waals surface area contributed by atoms with Crippen molar-refractivity contribution < 1.29 is 12.8 Å². The average Bonchev–Trinajstić information content (AvgIpc) is 2.73. The van der Waals surface area contributed by atoms with E-state index in [1.165, 1.54) is 23.8 Å². The van der Waals surface area contributed by atoms with E-state index in [0.717, 1.165) is 12.0 Å². The van der Waals surface area contributed by atoms with Crippen LogP contribution in [-0.4, -0.2) is 32.4 Å². The molecule has 154 valence electrons. The second-order valence-corrected chi connectivity index (χ2v) is 8.78. The minimum absolute atomic E-state index is 0. The summed E-state index contributed by atoms with van der Waals surface area (Å²) in [5, 5.41) is 3.88. The SMILES string of the molecule is CCc1ccc(C2CNCCN2S(=O)(=O)c2ccc3oc(=O)ccc3c2)cc1.Cl. The van der Waals surface area contributed by atoms with E-state index in [2.05, 4.69) is 12.2 Å². The lowest BCUT2D eigenvalue weighted by molar-refractivity contribution is 0.271. The fourth-order valence-corrected chi connectivity index (χ4v) is 5.23. The predicted octanol–water partition coefficient (Wildman–Crippen LogP) is 3.11. The van der Waals surface area contributed by atoms with Gasteiger partial charge in [0.2, 0.25) is 10.0 Å². The number of sulfonamides is 1. The molecule has 0 spiro atoms. The highest BCUT2D eigenvalue weighted by atomic mass is 35.5. The van der Waals surface area contributed by atoms with Gasteiger partial charge in [-0.05, 0) is 41.8 Å². The van der Waals surface area contributed by atoms with Crippen molar-refractivity contribution in [3.8, 4) is 0 Å². The van der Waals surface area contributed by atoms with Gasteiger partial charge in [0, 0.05) is 31.1 Å². The standard InChI is InChI=1S/C21H22N2O4S.ClH/c1-2-15-3-5-16(6-4-15)19-14-22-11-12-23(19)28(25,26)18-8-9-20-17(13-18)7-10-21(24)27-20;/h3-10,13,19,22H,2,11-12,14H2,1H3;1H. The van der Waals surface area contributed by atoms with E-state index in [9.17, 15) is 13.2 Å². The number of nitrogens with zero attached hydrogens (tertiary/aromatic N) is 1. The molecule has 0 radical (unpaired) electrons. The van der Waals surface area contributed by atoms with Crippen LogP contribution in [0.2, 0.25) is 0 Å². The van der Waals surface area contributed by atoms with Gasteiger partial charge in [-0.15, -0.1) is 12.4 Å². The highest BCUT2D eigenvalue weighted by Gasteiger charge is 2.34. The lowest BCUT2D eigenvalue weighted by Crippen LogP contribution is -2.48. The largest absolute Gasteiger partial charge is 0.423 e. The van der Waals surface area contributed by atoms with Gasteiger partial charge >= 0.3 is 5.63 Å². The van der Waals surface area contributed by atoms with Gasteiger partial charge in [-0.1, -0.05) is 31.2 Å². The second kappa shape index (κ2) is 8.67. The molecule has 4 rings (SSSR count). The number of aryl methyl sites for hydroxylation is 1. The molecular weight excluding hydrogens is 412 g/mol. The molecule has 29 heavy (non-hydrogen) atoms. The van der Waals surface area contributed by atoms with E-state index < -0.39 is 15.6 Å². The molecule has 1 aliphatic rings. The molecule has 1 unspecified atom stereocenters. The Kier molecular flexibility index (Phi) is 6.43. The first-order valence-electron chi connectivity index (χ1n) is 9.34. The summed E-state index contributed by atoms with van der Waals surface area (Å²) in [5.41, 5.74) is 2.11. The molecule has 1 aliphatic heterocycles. The van der Waals surface area contributed by atoms with Crippen molar-refractivity contribution >= 4 is 33.4 Å². The molecule has 0 amide bonds. The lowest BCUT2D eigenvalue weighted by Gasteiger charge is -2.35. The molecule has 2 heterocycles. The zero-order valence-electron chi connectivity index (χ0n) is 16.0. The van der Waals surface area contributed by atoms with Gasteiger partial charge in [-0.2, -0.15) is 4.31 Å². The van der Waals surface area contributed by atoms with Crippen LogP contribution in [0.4, 0.5) is 0 Å². The third-order valence-electron chi connectivity index (χ3n) is 5.16. The van der Waals surface area contributed by atoms with Gasteiger partial charge in [0.1, 0.15) is 5.58 Å². The number of rotatable bonds is 4. The summed E-state index contributed by atoms with van der Waals surface area (Å²) >= 11 is 0. The first-order valence-corrected chi connectivity index (χ1v) is 10.8. The first kappa shape index (κ1) is 21.5. The minimum Gasteiger partial charge on any atom is -0.423 e. The molecule has 0 bridgehead atoms. The Balaban J connectivity index is 0.00000240. The smallest absolute Gasteiger partial charge is 0.336 e. The van der Waals surface area contributed by atoms with Crippen molar-refractivity contribution in [2.24, 2.45) is 0 Å². The van der Waals surface area contributed by atoms with Crippen LogP contribution in [0, 0.1) is 0 Å². The summed E-state index contributed by atoms with van der Waals surface area (Å²) in [7, 11) is -3.70. The summed E-state index contributed by atoms with van der Waals surface area (Å²) in [6.45, 7) is 3.65. The Morgan fingerprint density at radius 2 is 1.86 bits per heavy atom. The summed E-state index contributed by atoms with van der Waals surface area (Å²) in [6.07, 6.45) is 0.943. The van der Waals surface area contributed by atoms with Gasteiger partial charge in [-0.3, -0.25) is 0 Å². The van der Waals surface area contributed by atoms with Crippen LogP contribution in [0.1, 0.15) is 24.1 Å². The number of piperazine rings is 1. The van der Waals surface area contributed by atoms with Crippen LogP contribution in [0.25, 0.3) is 11.0 Å². The summed E-state index contributed by atoms with van der Waals surface area (Å²) in [5.74, 6) is 0. The third-order valence-corrected chi connectivity index (χ3v) is 7.07. The maximum atomic E-state index is 13.4. The zero-order valence-corrected chi connectivity index (χ0v) is 17.6. The molecule has 0 saturated carbocycles. The predicted molar refractivity (Wildman–Crippen MR) is 115 cm³/mol. The summed E-state index contributed by atoms with van der Waals surface area (Å²) in [6, 6.07) is 15.3. The van der Waals surface area contributed by atoms with E-state index >= 15 is 0 Å². The molecule has 1 saturated heterocycles. The monoisotopic (exact) mass is 434 g/mol. The molecule has 1 aromatic heterocycles. The number of hydrogen-bond acceptors (Lipinski definition) is 5. The molecule has 1 fully saturated rings. The Hall–Kier alpha value is -2.19. The fraction of sp³-hybridized carbons (Fsp3) is 0.286. The maximum absolute atomic E-state index is 13.4. The van der Waals surface area contributed by atoms with Crippen LogP contribution < -0.4 is 10.9 Å². The molecule has 6 nitrogen and oxygen atoms in total. The average molecular weight is 435 g/mol. The number of fused-ring (bicyclic) bond motifs is 1. The van der Waals surface area contributed by atoms with Crippen LogP contribution in [0.5, 0.6) is 0 Å². The van der Waals surface area contributed by atoms with Crippen LogP contribution in [0.3, 0.4) is 0 Å². The van der Waals surface area contributed by atoms with Gasteiger partial charge in [0.05, 0.1) is 10.9 Å². The van der Waals surface area contributed by atoms with Crippen LogP contribution in [0.15, 0.2) is 68.7 Å². The summed E-state index contributed by atoms with van der Waals surface area (Å²) in [4.78, 5) is 11.6. The van der Waals surface area contributed by atoms with Crippen molar-refractivity contribution in [3.63, 3.8) is 0 Å². The highest BCUT2D eigenvalue weighted by Crippen LogP contribution is 2.30. The Labute approximate surface area is 176 Å². The number of benzene rings is 2. The molecule has 8 heteroatoms. The van der Waals surface area contributed by atoms with Gasteiger partial charge in [0.15, 0.2) is 0 Å². The van der Waals surface area contributed by atoms with Crippen molar-refractivity contribution in [2.45, 2.75) is 24.3 Å². The van der Waals surface area contributed by atoms with Gasteiger partial charge in [0.25, 0.3) is 0 Å². The quantitative estimate of drug-likeness (QED) is 0.638. The Bertz CT molecular complexity index is 1160. The van der Waals surface area contributed by atoms with Crippen molar-refractivity contribution in [1.82, 2.24) is 9.62 Å². The van der Waals surface area contributed by atoms with E-state index in [4.69, 9.17) is 4.42 Å². The molecule has 0 aliphatic carbocycles. The topological polar surface area (TPSA) is 79.6 Å². The normalized spacial score (nSPS) is 17.8. The van der Waals surface area contributed by atoms with E-state index in [-0.39, 0.29) is 23.3 Å². The Morgan fingerprint density at radius 1 is 1.10 bits per heavy atom. The first-order chi connectivity index (χ1) is 13.5. The van der Waals surface area contributed by atoms with E-state index in [1.807, 2.05) is 24.3 Å². The van der Waals surface area contributed by atoms with Crippen molar-refractivity contribution in [3.05, 3.63) is 76.1 Å². The second-order valence-electron chi connectivity index (χ2n) is 6.88. The molecule has 2 aromatic carbocycles. The van der Waals surface area contributed by atoms with E-state index in [0.29, 0.717) is 30.6 Å². The number of nitrogens with one attached hydrogen (secondary N) is 1.